The topological polar surface area (TPSA) is 68.9 Å². The molecule has 1 aromatic carbocycles. The van der Waals surface area contributed by atoms with Gasteiger partial charge >= 0.3 is 0 Å². The Bertz CT molecular complexity index is 569. The van der Waals surface area contributed by atoms with Gasteiger partial charge in [-0.3, -0.25) is 4.99 Å². The molecule has 1 aliphatic heterocycles. The lowest BCUT2D eigenvalue weighted by atomic mass is 9.73. The third-order valence-electron chi connectivity index (χ3n) is 4.43. The van der Waals surface area contributed by atoms with Crippen LogP contribution in [0.2, 0.25) is 5.02 Å². The van der Waals surface area contributed by atoms with Crippen molar-refractivity contribution in [1.29, 1.82) is 0 Å². The maximum absolute atomic E-state index is 6.24. The zero-order valence-corrected chi connectivity index (χ0v) is 15.5. The van der Waals surface area contributed by atoms with Crippen LogP contribution in [0.4, 0.5) is 0 Å². The number of hydrogen-bond acceptors (Lipinski definition) is 3. The number of ether oxygens (including phenoxy) is 2. The van der Waals surface area contributed by atoms with Crippen molar-refractivity contribution in [3.8, 4) is 5.75 Å². The van der Waals surface area contributed by atoms with Crippen LogP contribution in [0.1, 0.15) is 32.3 Å². The van der Waals surface area contributed by atoms with Crippen molar-refractivity contribution >= 4 is 17.6 Å². The van der Waals surface area contributed by atoms with E-state index in [1.165, 1.54) is 0 Å². The number of nitrogens with one attached hydrogen (secondary N) is 1. The van der Waals surface area contributed by atoms with Crippen LogP contribution in [0.3, 0.4) is 0 Å². The zero-order valence-electron chi connectivity index (χ0n) is 14.8. The van der Waals surface area contributed by atoms with Crippen molar-refractivity contribution in [3.63, 3.8) is 0 Å². The molecule has 6 heteroatoms. The molecule has 0 aliphatic carbocycles. The monoisotopic (exact) mass is 353 g/mol. The highest BCUT2D eigenvalue weighted by Gasteiger charge is 2.37. The van der Waals surface area contributed by atoms with Gasteiger partial charge < -0.3 is 20.5 Å². The number of guanidine groups is 1. The Kier molecular flexibility index (Phi) is 6.75. The summed E-state index contributed by atoms with van der Waals surface area (Å²) in [5, 5.41) is 3.87. The van der Waals surface area contributed by atoms with Crippen molar-refractivity contribution in [1.82, 2.24) is 5.32 Å². The van der Waals surface area contributed by atoms with Gasteiger partial charge in [-0.2, -0.15) is 0 Å². The number of nitrogens with two attached hydrogens (primary N) is 1. The summed E-state index contributed by atoms with van der Waals surface area (Å²) < 4.78 is 11.1. The molecule has 1 aliphatic rings. The quantitative estimate of drug-likeness (QED) is 0.609. The smallest absolute Gasteiger partial charge is 0.188 e. The van der Waals surface area contributed by atoms with Crippen LogP contribution in [0.5, 0.6) is 5.75 Å². The van der Waals surface area contributed by atoms with E-state index in [1.54, 1.807) is 7.11 Å². The summed E-state index contributed by atoms with van der Waals surface area (Å²) in [5.74, 6) is 1.84. The lowest BCUT2D eigenvalue weighted by molar-refractivity contribution is 0.0523. The van der Waals surface area contributed by atoms with E-state index in [2.05, 4.69) is 24.2 Å². The van der Waals surface area contributed by atoms with Crippen molar-refractivity contribution in [2.24, 2.45) is 16.6 Å². The molecule has 0 atom stereocenters. The largest absolute Gasteiger partial charge is 0.496 e. The fraction of sp³-hybridized carbons (Fsp3) is 0.611. The molecule has 5 nitrogen and oxygen atoms in total. The average molecular weight is 354 g/mol. The van der Waals surface area contributed by atoms with Crippen LogP contribution >= 0.6 is 11.6 Å². The van der Waals surface area contributed by atoms with E-state index in [-0.39, 0.29) is 5.41 Å². The fourth-order valence-electron chi connectivity index (χ4n) is 2.97. The SMILES string of the molecule is COc1ccc(Cl)cc1C1(CN=C(N)NCC(C)C)CCOCC1. The second kappa shape index (κ2) is 8.58. The molecular formula is C18H28ClN3O2. The van der Waals surface area contributed by atoms with Crippen LogP contribution in [-0.4, -0.2) is 39.4 Å². The number of benzene rings is 1. The minimum Gasteiger partial charge on any atom is -0.496 e. The Labute approximate surface area is 149 Å². The van der Waals surface area contributed by atoms with Crippen molar-refractivity contribution in [2.75, 3.05) is 33.4 Å². The standard InChI is InChI=1S/C18H28ClN3O2/c1-13(2)11-21-17(20)22-12-18(6-8-24-9-7-18)15-10-14(19)4-5-16(15)23-3/h4-5,10,13H,6-9,11-12H2,1-3H3,(H3,20,21,22). The summed E-state index contributed by atoms with van der Waals surface area (Å²) in [6, 6.07) is 5.75. The van der Waals surface area contributed by atoms with E-state index < -0.39 is 0 Å². The Morgan fingerprint density at radius 3 is 2.75 bits per heavy atom. The first-order chi connectivity index (χ1) is 11.5. The van der Waals surface area contributed by atoms with Gasteiger partial charge in [0.2, 0.25) is 0 Å². The van der Waals surface area contributed by atoms with Gasteiger partial charge in [0.15, 0.2) is 5.96 Å². The number of hydrogen-bond donors (Lipinski definition) is 2. The molecule has 2 rings (SSSR count). The molecule has 0 saturated carbocycles. The van der Waals surface area contributed by atoms with Crippen molar-refractivity contribution in [2.45, 2.75) is 32.1 Å². The second-order valence-corrected chi connectivity index (χ2v) is 7.15. The lowest BCUT2D eigenvalue weighted by Crippen LogP contribution is -2.40. The van der Waals surface area contributed by atoms with E-state index in [0.29, 0.717) is 36.7 Å². The number of nitrogens with zero attached hydrogens (tertiary/aromatic N) is 1. The predicted octanol–water partition coefficient (Wildman–Crippen LogP) is 2.96. The van der Waals surface area contributed by atoms with Gasteiger partial charge in [-0.15, -0.1) is 0 Å². The molecule has 0 unspecified atom stereocenters. The Hall–Kier alpha value is -1.46. The van der Waals surface area contributed by atoms with E-state index in [1.807, 2.05) is 18.2 Å². The number of aliphatic imine (C=N–C) groups is 1. The van der Waals surface area contributed by atoms with Crippen molar-refractivity contribution in [3.05, 3.63) is 28.8 Å². The highest BCUT2D eigenvalue weighted by molar-refractivity contribution is 6.30. The third kappa shape index (κ3) is 4.77. The summed E-state index contributed by atoms with van der Waals surface area (Å²) in [5.41, 5.74) is 6.94. The van der Waals surface area contributed by atoms with Gasteiger partial charge in [0.05, 0.1) is 13.7 Å². The maximum atomic E-state index is 6.24. The molecule has 1 heterocycles. The van der Waals surface area contributed by atoms with E-state index in [9.17, 15) is 0 Å². The first-order valence-corrected chi connectivity index (χ1v) is 8.80. The van der Waals surface area contributed by atoms with E-state index >= 15 is 0 Å². The van der Waals surface area contributed by atoms with Crippen LogP contribution in [0, 0.1) is 5.92 Å². The van der Waals surface area contributed by atoms with Gasteiger partial charge in [-0.1, -0.05) is 25.4 Å². The fourth-order valence-corrected chi connectivity index (χ4v) is 3.14. The lowest BCUT2D eigenvalue weighted by Gasteiger charge is -2.37. The van der Waals surface area contributed by atoms with Gasteiger partial charge in [-0.25, -0.2) is 0 Å². The van der Waals surface area contributed by atoms with E-state index in [0.717, 1.165) is 30.7 Å². The molecule has 24 heavy (non-hydrogen) atoms. The highest BCUT2D eigenvalue weighted by atomic mass is 35.5. The van der Waals surface area contributed by atoms with Crippen LogP contribution in [-0.2, 0) is 10.2 Å². The Morgan fingerprint density at radius 1 is 1.42 bits per heavy atom. The molecule has 0 radical (unpaired) electrons. The molecule has 0 aromatic heterocycles. The molecular weight excluding hydrogens is 326 g/mol. The highest BCUT2D eigenvalue weighted by Crippen LogP contribution is 2.41. The third-order valence-corrected chi connectivity index (χ3v) is 4.66. The minimum absolute atomic E-state index is 0.168. The van der Waals surface area contributed by atoms with Crippen LogP contribution in [0.25, 0.3) is 0 Å². The number of rotatable bonds is 6. The first-order valence-electron chi connectivity index (χ1n) is 8.42. The predicted molar refractivity (Wildman–Crippen MR) is 99.1 cm³/mol. The molecule has 1 fully saturated rings. The first kappa shape index (κ1) is 18.9. The van der Waals surface area contributed by atoms with Crippen LogP contribution < -0.4 is 15.8 Å². The van der Waals surface area contributed by atoms with Gasteiger partial charge in [0, 0.05) is 35.8 Å². The zero-order chi connectivity index (χ0) is 17.6. The Morgan fingerprint density at radius 2 is 2.12 bits per heavy atom. The molecule has 0 bridgehead atoms. The van der Waals surface area contributed by atoms with Crippen LogP contribution in [0.15, 0.2) is 23.2 Å². The molecule has 134 valence electrons. The molecule has 3 N–H and O–H groups in total. The minimum atomic E-state index is -0.168. The van der Waals surface area contributed by atoms with Crippen molar-refractivity contribution < 1.29 is 9.47 Å². The number of halogens is 1. The summed E-state index contributed by atoms with van der Waals surface area (Å²) in [6.45, 7) is 7.07. The van der Waals surface area contributed by atoms with Gasteiger partial charge in [0.25, 0.3) is 0 Å². The summed E-state index contributed by atoms with van der Waals surface area (Å²) in [6.07, 6.45) is 1.73. The summed E-state index contributed by atoms with van der Waals surface area (Å²) in [7, 11) is 1.68. The number of methoxy groups -OCH3 is 1. The molecule has 1 saturated heterocycles. The normalized spacial score (nSPS) is 17.8. The second-order valence-electron chi connectivity index (χ2n) is 6.71. The van der Waals surface area contributed by atoms with Gasteiger partial charge in [0.1, 0.15) is 5.75 Å². The molecule has 1 aromatic rings. The molecule has 0 spiro atoms. The summed E-state index contributed by atoms with van der Waals surface area (Å²) >= 11 is 6.24. The average Bonchev–Trinajstić information content (AvgIpc) is 2.59. The summed E-state index contributed by atoms with van der Waals surface area (Å²) in [4.78, 5) is 4.60. The maximum Gasteiger partial charge on any atom is 0.188 e. The van der Waals surface area contributed by atoms with E-state index in [4.69, 9.17) is 26.8 Å². The van der Waals surface area contributed by atoms with Gasteiger partial charge in [-0.05, 0) is 37.0 Å². The Balaban J connectivity index is 2.27. The molecule has 0 amide bonds.